The Kier molecular flexibility index (Phi) is 7.50. The van der Waals surface area contributed by atoms with Crippen LogP contribution in [0.3, 0.4) is 0 Å². The van der Waals surface area contributed by atoms with E-state index in [0.717, 1.165) is 24.5 Å². The van der Waals surface area contributed by atoms with Crippen molar-refractivity contribution in [1.29, 1.82) is 0 Å². The van der Waals surface area contributed by atoms with Gasteiger partial charge in [-0.2, -0.15) is 0 Å². The molecule has 1 heterocycles. The minimum atomic E-state index is -0.213. The molecule has 0 saturated heterocycles. The van der Waals surface area contributed by atoms with E-state index in [4.69, 9.17) is 4.74 Å². The number of amides is 1. The number of rotatable bonds is 7. The van der Waals surface area contributed by atoms with Gasteiger partial charge in [0.05, 0.1) is 18.5 Å². The lowest BCUT2D eigenvalue weighted by Gasteiger charge is -2.06. The maximum atomic E-state index is 12.1. The van der Waals surface area contributed by atoms with Crippen molar-refractivity contribution in [3.05, 3.63) is 35.7 Å². The topological polar surface area (TPSA) is 81.1 Å². The van der Waals surface area contributed by atoms with Crippen LogP contribution in [-0.2, 0) is 0 Å². The second-order valence-electron chi connectivity index (χ2n) is 4.74. The van der Waals surface area contributed by atoms with Crippen molar-refractivity contribution in [2.75, 3.05) is 26.7 Å². The lowest BCUT2D eigenvalue weighted by Crippen LogP contribution is -2.32. The average Bonchev–Trinajstić information content (AvgIpc) is 2.93. The van der Waals surface area contributed by atoms with Crippen LogP contribution in [0.4, 0.5) is 0 Å². The highest BCUT2D eigenvalue weighted by molar-refractivity contribution is 5.93. The van der Waals surface area contributed by atoms with E-state index in [1.165, 1.54) is 0 Å². The molecule has 7 nitrogen and oxygen atoms in total. The zero-order chi connectivity index (χ0) is 15.9. The number of hydrogen-bond donors (Lipinski definition) is 2. The Morgan fingerprint density at radius 3 is 2.57 bits per heavy atom. The van der Waals surface area contributed by atoms with E-state index in [2.05, 4.69) is 20.9 Å². The zero-order valence-corrected chi connectivity index (χ0v) is 14.3. The maximum Gasteiger partial charge on any atom is 0.273 e. The molecule has 0 aliphatic heterocycles. The first kappa shape index (κ1) is 18.9. The van der Waals surface area contributed by atoms with Gasteiger partial charge in [-0.15, -0.1) is 17.5 Å². The summed E-state index contributed by atoms with van der Waals surface area (Å²) in [6.07, 6.45) is 0. The molecule has 0 saturated carbocycles. The first-order valence-electron chi connectivity index (χ1n) is 7.23. The normalized spacial score (nSPS) is 10.0. The summed E-state index contributed by atoms with van der Waals surface area (Å²) in [4.78, 5) is 12.1. The number of nitrogens with zero attached hydrogens (tertiary/aromatic N) is 3. The summed E-state index contributed by atoms with van der Waals surface area (Å²) in [6, 6.07) is 7.42. The van der Waals surface area contributed by atoms with Gasteiger partial charge in [0.25, 0.3) is 5.91 Å². The van der Waals surface area contributed by atoms with Crippen LogP contribution in [0.25, 0.3) is 5.69 Å². The Labute approximate surface area is 141 Å². The van der Waals surface area contributed by atoms with Crippen LogP contribution in [0, 0.1) is 6.92 Å². The van der Waals surface area contributed by atoms with E-state index >= 15 is 0 Å². The van der Waals surface area contributed by atoms with Crippen LogP contribution in [0.2, 0.25) is 0 Å². The fourth-order valence-corrected chi connectivity index (χ4v) is 2.03. The molecule has 0 fully saturated rings. The third-order valence-corrected chi connectivity index (χ3v) is 3.26. The van der Waals surface area contributed by atoms with Gasteiger partial charge in [-0.05, 0) is 37.7 Å². The molecule has 0 radical (unpaired) electrons. The number of carbonyl (C=O) groups excluding carboxylic acids is 1. The van der Waals surface area contributed by atoms with E-state index in [-0.39, 0.29) is 18.3 Å². The molecule has 0 spiro atoms. The number of ether oxygens (including phenoxy) is 1. The van der Waals surface area contributed by atoms with Crippen molar-refractivity contribution < 1.29 is 9.53 Å². The Hall–Kier alpha value is -2.12. The highest BCUT2D eigenvalue weighted by atomic mass is 35.5. The summed E-state index contributed by atoms with van der Waals surface area (Å²) in [5, 5.41) is 14.0. The van der Waals surface area contributed by atoms with E-state index < -0.39 is 0 Å². The first-order valence-corrected chi connectivity index (χ1v) is 7.23. The number of halogens is 1. The first-order chi connectivity index (χ1) is 10.7. The number of nitrogens with one attached hydrogen (secondary N) is 2. The molecule has 8 heteroatoms. The minimum absolute atomic E-state index is 0. The molecular weight excluding hydrogens is 318 g/mol. The van der Waals surface area contributed by atoms with Gasteiger partial charge in [0, 0.05) is 13.1 Å². The van der Waals surface area contributed by atoms with Crippen LogP contribution in [0.15, 0.2) is 24.3 Å². The Morgan fingerprint density at radius 1 is 1.26 bits per heavy atom. The smallest absolute Gasteiger partial charge is 0.273 e. The predicted molar refractivity (Wildman–Crippen MR) is 90.8 cm³/mol. The number of benzene rings is 1. The molecule has 0 atom stereocenters. The standard InChI is InChI=1S/C15H21N5O2.ClH/c1-4-16-9-10-17-15(21)14-11(2)20(19-18-14)12-5-7-13(22-3)8-6-12;/h5-8,16H,4,9-10H2,1-3H3,(H,17,21);1H. The molecule has 0 aliphatic carbocycles. The molecule has 126 valence electrons. The van der Waals surface area contributed by atoms with Crippen molar-refractivity contribution >= 4 is 18.3 Å². The highest BCUT2D eigenvalue weighted by Crippen LogP contribution is 2.16. The largest absolute Gasteiger partial charge is 0.497 e. The number of hydrogen-bond acceptors (Lipinski definition) is 5. The zero-order valence-electron chi connectivity index (χ0n) is 13.5. The fraction of sp³-hybridized carbons (Fsp3) is 0.400. The monoisotopic (exact) mass is 339 g/mol. The van der Waals surface area contributed by atoms with E-state index in [1.54, 1.807) is 11.8 Å². The third kappa shape index (κ3) is 4.67. The van der Waals surface area contributed by atoms with E-state index in [0.29, 0.717) is 17.9 Å². The van der Waals surface area contributed by atoms with Crippen molar-refractivity contribution in [3.8, 4) is 11.4 Å². The van der Waals surface area contributed by atoms with Crippen molar-refractivity contribution in [2.45, 2.75) is 13.8 Å². The summed E-state index contributed by atoms with van der Waals surface area (Å²) in [5.74, 6) is 0.554. The summed E-state index contributed by atoms with van der Waals surface area (Å²) in [5.41, 5.74) is 1.87. The summed E-state index contributed by atoms with van der Waals surface area (Å²) in [6.45, 7) is 6.01. The molecule has 2 N–H and O–H groups in total. The van der Waals surface area contributed by atoms with Gasteiger partial charge in [-0.3, -0.25) is 4.79 Å². The Morgan fingerprint density at radius 2 is 1.96 bits per heavy atom. The van der Waals surface area contributed by atoms with Crippen molar-refractivity contribution in [3.63, 3.8) is 0 Å². The molecular formula is C15H22ClN5O2. The molecule has 0 unspecified atom stereocenters. The molecule has 2 rings (SSSR count). The van der Waals surface area contributed by atoms with Crippen molar-refractivity contribution in [2.24, 2.45) is 0 Å². The Balaban J connectivity index is 0.00000264. The number of likely N-dealkylation sites (N-methyl/N-ethyl adjacent to an activating group) is 1. The second kappa shape index (κ2) is 9.12. The molecule has 1 amide bonds. The van der Waals surface area contributed by atoms with Gasteiger partial charge in [-0.1, -0.05) is 12.1 Å². The van der Waals surface area contributed by atoms with Gasteiger partial charge >= 0.3 is 0 Å². The molecule has 0 aliphatic rings. The van der Waals surface area contributed by atoms with Crippen molar-refractivity contribution in [1.82, 2.24) is 25.6 Å². The quantitative estimate of drug-likeness (QED) is 0.744. The van der Waals surface area contributed by atoms with Crippen LogP contribution in [-0.4, -0.2) is 47.6 Å². The van der Waals surface area contributed by atoms with E-state index in [1.807, 2.05) is 38.1 Å². The fourth-order valence-electron chi connectivity index (χ4n) is 2.03. The van der Waals surface area contributed by atoms with Crippen LogP contribution in [0.5, 0.6) is 5.75 Å². The Bertz CT molecular complexity index is 627. The number of methoxy groups -OCH3 is 1. The number of carbonyl (C=O) groups is 1. The number of aromatic nitrogens is 3. The van der Waals surface area contributed by atoms with Crippen LogP contribution >= 0.6 is 12.4 Å². The predicted octanol–water partition coefficient (Wildman–Crippen LogP) is 1.35. The van der Waals surface area contributed by atoms with E-state index in [9.17, 15) is 4.79 Å². The van der Waals surface area contributed by atoms with Gasteiger partial charge in [-0.25, -0.2) is 4.68 Å². The lowest BCUT2D eigenvalue weighted by atomic mass is 10.2. The highest BCUT2D eigenvalue weighted by Gasteiger charge is 2.16. The molecule has 1 aromatic heterocycles. The summed E-state index contributed by atoms with van der Waals surface area (Å²) in [7, 11) is 1.62. The minimum Gasteiger partial charge on any atom is -0.497 e. The average molecular weight is 340 g/mol. The van der Waals surface area contributed by atoms with Gasteiger partial charge < -0.3 is 15.4 Å². The molecule has 1 aromatic carbocycles. The summed E-state index contributed by atoms with van der Waals surface area (Å²) < 4.78 is 6.77. The molecule has 23 heavy (non-hydrogen) atoms. The van der Waals surface area contributed by atoms with Crippen LogP contribution in [0.1, 0.15) is 23.1 Å². The van der Waals surface area contributed by atoms with Gasteiger partial charge in [0.1, 0.15) is 5.75 Å². The van der Waals surface area contributed by atoms with Gasteiger partial charge in [0.2, 0.25) is 0 Å². The SMILES string of the molecule is CCNCCNC(=O)c1nnn(-c2ccc(OC)cc2)c1C.Cl. The van der Waals surface area contributed by atoms with Gasteiger partial charge in [0.15, 0.2) is 5.69 Å². The lowest BCUT2D eigenvalue weighted by molar-refractivity contribution is 0.0948. The third-order valence-electron chi connectivity index (χ3n) is 3.26. The second-order valence-corrected chi connectivity index (χ2v) is 4.74. The molecule has 2 aromatic rings. The summed E-state index contributed by atoms with van der Waals surface area (Å²) >= 11 is 0. The maximum absolute atomic E-state index is 12.1. The van der Waals surface area contributed by atoms with Crippen LogP contribution < -0.4 is 15.4 Å². The molecule has 0 bridgehead atoms.